The summed E-state index contributed by atoms with van der Waals surface area (Å²) in [6.45, 7) is 8.59. The van der Waals surface area contributed by atoms with E-state index in [1.807, 2.05) is 43.3 Å². The molecular formula is C41H53NO8. The maximum atomic E-state index is 12.9. The van der Waals surface area contributed by atoms with Crippen LogP contribution in [0.15, 0.2) is 79.4 Å². The molecule has 270 valence electrons. The predicted octanol–water partition coefficient (Wildman–Crippen LogP) is 10.8. The molecule has 0 aliphatic rings. The second kappa shape index (κ2) is 22.9. The number of ether oxygens (including phenoxy) is 4. The molecule has 0 radical (unpaired) electrons. The van der Waals surface area contributed by atoms with E-state index in [-0.39, 0.29) is 29.1 Å². The van der Waals surface area contributed by atoms with Crippen molar-refractivity contribution >= 4 is 17.6 Å². The molecule has 0 N–H and O–H groups in total. The molecular weight excluding hydrogens is 634 g/mol. The first-order chi connectivity index (χ1) is 24.3. The van der Waals surface area contributed by atoms with Gasteiger partial charge < -0.3 is 18.9 Å². The van der Waals surface area contributed by atoms with E-state index in [9.17, 15) is 19.7 Å². The molecule has 9 heteroatoms. The van der Waals surface area contributed by atoms with Crippen molar-refractivity contribution in [3.8, 4) is 28.4 Å². The van der Waals surface area contributed by atoms with Crippen LogP contribution >= 0.6 is 0 Å². The molecule has 0 heterocycles. The molecule has 1 atom stereocenters. The van der Waals surface area contributed by atoms with E-state index in [4.69, 9.17) is 18.9 Å². The zero-order valence-electron chi connectivity index (χ0n) is 29.7. The quantitative estimate of drug-likeness (QED) is 0.0216. The van der Waals surface area contributed by atoms with E-state index >= 15 is 0 Å². The average Bonchev–Trinajstić information content (AvgIpc) is 3.12. The highest BCUT2D eigenvalue weighted by molar-refractivity contribution is 5.92. The molecule has 0 aromatic heterocycles. The van der Waals surface area contributed by atoms with Crippen molar-refractivity contribution in [2.45, 2.75) is 110 Å². The van der Waals surface area contributed by atoms with Gasteiger partial charge in [-0.1, -0.05) is 102 Å². The zero-order chi connectivity index (χ0) is 36.0. The van der Waals surface area contributed by atoms with Crippen LogP contribution in [0, 0.1) is 10.1 Å². The number of unbranched alkanes of at least 4 members (excludes halogenated alkanes) is 11. The van der Waals surface area contributed by atoms with E-state index in [1.54, 1.807) is 12.1 Å². The van der Waals surface area contributed by atoms with Crippen LogP contribution in [0.3, 0.4) is 0 Å². The summed E-state index contributed by atoms with van der Waals surface area (Å²) >= 11 is 0. The fourth-order valence-corrected chi connectivity index (χ4v) is 5.51. The summed E-state index contributed by atoms with van der Waals surface area (Å²) in [5, 5.41) is 11.8. The van der Waals surface area contributed by atoms with Crippen molar-refractivity contribution in [2.24, 2.45) is 0 Å². The molecule has 0 aliphatic heterocycles. The van der Waals surface area contributed by atoms with Crippen molar-refractivity contribution < 1.29 is 33.5 Å². The Balaban J connectivity index is 1.36. The van der Waals surface area contributed by atoms with Gasteiger partial charge in [0.2, 0.25) is 0 Å². The van der Waals surface area contributed by atoms with Crippen LogP contribution < -0.4 is 14.2 Å². The zero-order valence-corrected chi connectivity index (χ0v) is 29.7. The Morgan fingerprint density at radius 3 is 1.90 bits per heavy atom. The van der Waals surface area contributed by atoms with E-state index in [0.717, 1.165) is 74.7 Å². The lowest BCUT2D eigenvalue weighted by Crippen LogP contribution is -2.14. The summed E-state index contributed by atoms with van der Waals surface area (Å²) in [5.74, 6) is 0.279. The highest BCUT2D eigenvalue weighted by Crippen LogP contribution is 2.31. The molecule has 50 heavy (non-hydrogen) atoms. The minimum absolute atomic E-state index is 0.0771. The van der Waals surface area contributed by atoms with Gasteiger partial charge in [-0.2, -0.15) is 0 Å². The maximum absolute atomic E-state index is 12.9. The van der Waals surface area contributed by atoms with Gasteiger partial charge in [0.1, 0.15) is 11.5 Å². The molecule has 3 rings (SSSR count). The van der Waals surface area contributed by atoms with Gasteiger partial charge in [-0.05, 0) is 80.1 Å². The molecule has 0 unspecified atom stereocenters. The number of hydrogen-bond donors (Lipinski definition) is 0. The van der Waals surface area contributed by atoms with Crippen LogP contribution in [0.1, 0.15) is 114 Å². The van der Waals surface area contributed by atoms with Gasteiger partial charge in [-0.3, -0.25) is 10.1 Å². The minimum Gasteiger partial charge on any atom is -0.494 e. The number of nitro benzene ring substituents is 1. The Morgan fingerprint density at radius 2 is 1.32 bits per heavy atom. The van der Waals surface area contributed by atoms with Crippen molar-refractivity contribution in [3.63, 3.8) is 0 Å². The van der Waals surface area contributed by atoms with Crippen LogP contribution in [0.4, 0.5) is 5.69 Å². The molecule has 0 saturated heterocycles. The van der Waals surface area contributed by atoms with Gasteiger partial charge in [0.25, 0.3) is 0 Å². The van der Waals surface area contributed by atoms with Gasteiger partial charge in [0.15, 0.2) is 5.75 Å². The molecule has 0 fully saturated rings. The van der Waals surface area contributed by atoms with Crippen LogP contribution in [0.2, 0.25) is 0 Å². The lowest BCUT2D eigenvalue weighted by molar-refractivity contribution is -0.386. The van der Waals surface area contributed by atoms with Crippen LogP contribution in [0.25, 0.3) is 11.1 Å². The van der Waals surface area contributed by atoms with Gasteiger partial charge in [0.05, 0.1) is 29.8 Å². The van der Waals surface area contributed by atoms with Crippen molar-refractivity contribution in [2.75, 3.05) is 13.2 Å². The molecule has 0 saturated carbocycles. The molecule has 9 nitrogen and oxygen atoms in total. The number of carbonyl (C=O) groups is 2. The third-order valence-electron chi connectivity index (χ3n) is 8.40. The summed E-state index contributed by atoms with van der Waals surface area (Å²) in [5.41, 5.74) is 1.77. The topological polar surface area (TPSA) is 114 Å². The average molecular weight is 688 g/mol. The smallest absolute Gasteiger partial charge is 0.343 e. The Morgan fingerprint density at radius 1 is 0.760 bits per heavy atom. The summed E-state index contributed by atoms with van der Waals surface area (Å²) in [4.78, 5) is 35.1. The fourth-order valence-electron chi connectivity index (χ4n) is 5.51. The van der Waals surface area contributed by atoms with E-state index in [0.29, 0.717) is 19.0 Å². The van der Waals surface area contributed by atoms with Crippen molar-refractivity contribution in [1.29, 1.82) is 0 Å². The van der Waals surface area contributed by atoms with Gasteiger partial charge in [-0.15, -0.1) is 0 Å². The molecule has 3 aromatic carbocycles. The van der Waals surface area contributed by atoms with E-state index in [1.165, 1.54) is 56.4 Å². The monoisotopic (exact) mass is 687 g/mol. The number of rotatable bonds is 25. The Bertz CT molecular complexity index is 1470. The van der Waals surface area contributed by atoms with Gasteiger partial charge in [0, 0.05) is 12.1 Å². The van der Waals surface area contributed by atoms with Crippen LogP contribution in [-0.4, -0.2) is 36.2 Å². The largest absolute Gasteiger partial charge is 0.494 e. The predicted molar refractivity (Wildman–Crippen MR) is 197 cm³/mol. The first kappa shape index (κ1) is 39.8. The number of nitro groups is 1. The highest BCUT2D eigenvalue weighted by atomic mass is 16.6. The first-order valence-electron chi connectivity index (χ1n) is 18.1. The number of nitrogens with zero attached hydrogens (tertiary/aromatic N) is 1. The van der Waals surface area contributed by atoms with Crippen molar-refractivity contribution in [3.05, 3.63) is 95.1 Å². The fraction of sp³-hybridized carbons (Fsp3) is 0.463. The van der Waals surface area contributed by atoms with Crippen LogP contribution in [-0.2, 0) is 9.53 Å². The Hall–Kier alpha value is -4.66. The Labute approximate surface area is 297 Å². The SMILES string of the molecule is C=CC(=O)OCCCCCCCCCCCOc1ccc(-c2ccc(OC(=O)c3ccc(O[C@@H](C)CCCCCC)c([N+](=O)[O-])c3)cc2)cc1. The molecule has 0 amide bonds. The summed E-state index contributed by atoms with van der Waals surface area (Å²) in [7, 11) is 0. The molecule has 0 bridgehead atoms. The lowest BCUT2D eigenvalue weighted by Gasteiger charge is -2.15. The van der Waals surface area contributed by atoms with Gasteiger partial charge >= 0.3 is 17.6 Å². The summed E-state index contributed by atoms with van der Waals surface area (Å²) in [6, 6.07) is 19.2. The molecule has 0 aliphatic carbocycles. The maximum Gasteiger partial charge on any atom is 0.343 e. The number of esters is 2. The second-order valence-electron chi connectivity index (χ2n) is 12.6. The second-order valence-corrected chi connectivity index (χ2v) is 12.6. The third kappa shape index (κ3) is 14.8. The minimum atomic E-state index is -0.682. The van der Waals surface area contributed by atoms with E-state index in [2.05, 4.69) is 13.5 Å². The standard InChI is InChI=1S/C41H53NO8/c1-4-6-7-15-18-32(3)49-39-28-23-35(31-38(39)42(45)46)41(44)50-37-26-21-34(22-27-37)33-19-24-36(25-20-33)47-29-16-13-11-9-8-10-12-14-17-30-48-40(43)5-2/h5,19-28,31-32H,2,4,6-18,29-30H2,1,3H3/t32-/m0/s1. The summed E-state index contributed by atoms with van der Waals surface area (Å²) in [6.07, 6.45) is 16.4. The van der Waals surface area contributed by atoms with Crippen LogP contribution in [0.5, 0.6) is 17.2 Å². The normalized spacial score (nSPS) is 11.4. The lowest BCUT2D eigenvalue weighted by atomic mass is 10.1. The highest BCUT2D eigenvalue weighted by Gasteiger charge is 2.21. The Kier molecular flexibility index (Phi) is 18.2. The first-order valence-corrected chi connectivity index (χ1v) is 18.1. The summed E-state index contributed by atoms with van der Waals surface area (Å²) < 4.78 is 22.3. The number of carbonyl (C=O) groups excluding carboxylic acids is 2. The van der Waals surface area contributed by atoms with Crippen molar-refractivity contribution in [1.82, 2.24) is 0 Å². The van der Waals surface area contributed by atoms with E-state index < -0.39 is 10.9 Å². The third-order valence-corrected chi connectivity index (χ3v) is 8.40. The number of benzene rings is 3. The molecule has 0 spiro atoms. The number of hydrogen-bond acceptors (Lipinski definition) is 8. The molecule has 3 aromatic rings. The van der Waals surface area contributed by atoms with Gasteiger partial charge in [-0.25, -0.2) is 9.59 Å².